The number of ether oxygens (including phenoxy) is 3. The van der Waals surface area contributed by atoms with E-state index in [1.54, 1.807) is 24.3 Å². The molecular formula is C52H54F9N13O8. The third kappa shape index (κ3) is 18.5. The van der Waals surface area contributed by atoms with Gasteiger partial charge in [0.1, 0.15) is 22.9 Å². The summed E-state index contributed by atoms with van der Waals surface area (Å²) in [7, 11) is 3.88. The molecule has 0 aliphatic heterocycles. The zero-order chi connectivity index (χ0) is 60.5. The van der Waals surface area contributed by atoms with Crippen LogP contribution in [0.4, 0.5) is 99.7 Å². The first-order chi connectivity index (χ1) is 38.6. The quantitative estimate of drug-likeness (QED) is 0.0186. The van der Waals surface area contributed by atoms with Gasteiger partial charge in [-0.1, -0.05) is 18.2 Å². The number of nitro benzene ring substituents is 1. The van der Waals surface area contributed by atoms with Crippen LogP contribution in [0.5, 0.6) is 17.2 Å². The fourth-order valence-electron chi connectivity index (χ4n) is 7.32. The number of carbonyl (C=O) groups is 3. The Kier molecular flexibility index (Phi) is 21.2. The number of rotatable bonds is 16. The molecule has 0 radical (unpaired) electrons. The number of halogens is 9. The maximum Gasteiger partial charge on any atom is 0.416 e. The molecule has 1 aromatic heterocycles. The first-order valence-corrected chi connectivity index (χ1v) is 23.9. The van der Waals surface area contributed by atoms with Gasteiger partial charge in [-0.05, 0) is 121 Å². The minimum absolute atomic E-state index is 0.0242. The van der Waals surface area contributed by atoms with E-state index in [4.69, 9.17) is 37.1 Å². The van der Waals surface area contributed by atoms with Crippen molar-refractivity contribution < 1.29 is 73.0 Å². The number of amides is 6. The fourth-order valence-corrected chi connectivity index (χ4v) is 7.32. The molecule has 0 saturated heterocycles. The third-order valence-electron chi connectivity index (χ3n) is 11.4. The number of fused-ring (bicyclic) bond motifs is 1. The second kappa shape index (κ2) is 27.7. The number of anilines is 7. The van der Waals surface area contributed by atoms with Crippen LogP contribution in [0.3, 0.4) is 0 Å². The average Bonchev–Trinajstić information content (AvgIpc) is 3.84. The Balaban J connectivity index is 0.000000226. The van der Waals surface area contributed by atoms with Crippen LogP contribution in [-0.4, -0.2) is 73.9 Å². The van der Waals surface area contributed by atoms with Gasteiger partial charge in [0.25, 0.3) is 5.69 Å². The van der Waals surface area contributed by atoms with Gasteiger partial charge >= 0.3 is 36.6 Å². The van der Waals surface area contributed by atoms with Crippen molar-refractivity contribution in [1.29, 1.82) is 0 Å². The molecule has 0 atom stereocenters. The number of nitrogens with two attached hydrogens (primary N) is 4. The number of nitro groups is 1. The number of aromatic nitrogens is 2. The van der Waals surface area contributed by atoms with Crippen LogP contribution in [0.1, 0.15) is 33.4 Å². The van der Waals surface area contributed by atoms with Crippen LogP contribution in [0.25, 0.3) is 11.0 Å². The lowest BCUT2D eigenvalue weighted by Crippen LogP contribution is -2.30. The normalized spacial score (nSPS) is 11.2. The zero-order valence-corrected chi connectivity index (χ0v) is 43.5. The summed E-state index contributed by atoms with van der Waals surface area (Å²) in [6.45, 7) is 0.632. The number of benzene rings is 6. The number of carbonyl (C=O) groups excluding carboxylic acids is 3. The van der Waals surface area contributed by atoms with Crippen LogP contribution < -0.4 is 69.0 Å². The molecule has 21 nitrogen and oxygen atoms in total. The molecule has 0 fully saturated rings. The van der Waals surface area contributed by atoms with Gasteiger partial charge in [0.15, 0.2) is 5.95 Å². The van der Waals surface area contributed by atoms with Crippen molar-refractivity contribution in [2.45, 2.75) is 37.8 Å². The SMILES string of the molecule is COc1ccc(C(F)(F)F)cc1NC(=O)NCCc1ccc(N)c(N)c1.COc1ccc(C(F)(F)F)cc1NC(=O)NCCc1ccc(N)c([N+](=O)[O-])c1.COc1ccc(C(F)(F)F)cc1NC(=O)NCCc1ccc2nc(N)[nH]c2c1. The molecule has 0 aliphatic rings. The monoisotopic (exact) mass is 1160 g/mol. The van der Waals surface area contributed by atoms with E-state index in [0.29, 0.717) is 35.7 Å². The number of nitrogens with zero attached hydrogens (tertiary/aromatic N) is 2. The van der Waals surface area contributed by atoms with E-state index in [1.165, 1.54) is 33.5 Å². The maximum absolute atomic E-state index is 12.9. The summed E-state index contributed by atoms with van der Waals surface area (Å²) in [6.07, 6.45) is -12.3. The molecule has 82 heavy (non-hydrogen) atoms. The smallest absolute Gasteiger partial charge is 0.416 e. The van der Waals surface area contributed by atoms with E-state index in [2.05, 4.69) is 41.9 Å². The number of methoxy groups -OCH3 is 3. The summed E-state index contributed by atoms with van der Waals surface area (Å²) in [5, 5.41) is 25.5. The summed E-state index contributed by atoms with van der Waals surface area (Å²) in [6, 6.07) is 21.4. The lowest BCUT2D eigenvalue weighted by atomic mass is 10.1. The third-order valence-corrected chi connectivity index (χ3v) is 11.4. The summed E-state index contributed by atoms with van der Waals surface area (Å²) in [4.78, 5) is 53.3. The summed E-state index contributed by atoms with van der Waals surface area (Å²) in [5.74, 6) is 0.641. The van der Waals surface area contributed by atoms with Crippen LogP contribution in [0.15, 0.2) is 109 Å². The Morgan fingerprint density at radius 1 is 0.512 bits per heavy atom. The van der Waals surface area contributed by atoms with Crippen molar-refractivity contribution >= 4 is 74.9 Å². The molecule has 7 rings (SSSR count). The number of nitrogen functional groups attached to an aromatic ring is 4. The van der Waals surface area contributed by atoms with E-state index in [0.717, 1.165) is 76.8 Å². The van der Waals surface area contributed by atoms with E-state index in [9.17, 15) is 64.0 Å². The summed E-state index contributed by atoms with van der Waals surface area (Å²) < 4.78 is 130. The van der Waals surface area contributed by atoms with Crippen molar-refractivity contribution in [3.05, 3.63) is 153 Å². The van der Waals surface area contributed by atoms with Gasteiger partial charge in [-0.15, -0.1) is 0 Å². The predicted molar refractivity (Wildman–Crippen MR) is 289 cm³/mol. The topological polar surface area (TPSA) is 327 Å². The number of aromatic amines is 1. The number of alkyl halides is 9. The Hall–Kier alpha value is -10.0. The molecule has 0 unspecified atom stereocenters. The van der Waals surface area contributed by atoms with E-state index >= 15 is 0 Å². The summed E-state index contributed by atoms with van der Waals surface area (Å²) in [5.41, 5.74) is 24.1. The van der Waals surface area contributed by atoms with Crippen molar-refractivity contribution in [3.8, 4) is 17.2 Å². The van der Waals surface area contributed by atoms with Crippen molar-refractivity contribution in [2.24, 2.45) is 0 Å². The highest BCUT2D eigenvalue weighted by atomic mass is 19.4. The number of H-pyrrole nitrogens is 1. The largest absolute Gasteiger partial charge is 0.495 e. The molecule has 6 aromatic carbocycles. The second-order valence-corrected chi connectivity index (χ2v) is 17.2. The van der Waals surface area contributed by atoms with Crippen LogP contribution in [0.2, 0.25) is 0 Å². The molecule has 15 N–H and O–H groups in total. The number of hydrogen-bond donors (Lipinski definition) is 11. The standard InChI is InChI=1S/C18H18F3N5O2.C17H17F3N4O4.C17H19F3N4O2/c1-28-15-5-3-11(18(19,20)21)9-14(15)26-17(27)23-7-6-10-2-4-12-13(8-10)25-16(22)24-12;1-28-15-5-3-11(17(18,19)20)9-13(15)23-16(25)22-7-6-10-2-4-12(21)14(8-10)24(26)27;1-26-15-5-3-11(17(18,19)20)9-14(15)24-16(25)23-7-6-10-2-4-12(21)13(22)8-10/h2-5,8-9H,6-7H2,1H3,(H3,22,24,25)(H2,23,26,27);2-5,8-9H,6-7,21H2,1H3,(H2,22,23,25);2-5,8-9H,6-7,21-22H2,1H3,(H2,23,24,25). The predicted octanol–water partition coefficient (Wildman–Crippen LogP) is 10.3. The molecule has 7 aromatic rings. The summed E-state index contributed by atoms with van der Waals surface area (Å²) >= 11 is 0. The second-order valence-electron chi connectivity index (χ2n) is 17.2. The first-order valence-electron chi connectivity index (χ1n) is 23.9. The number of nitrogens with one attached hydrogen (secondary N) is 7. The van der Waals surface area contributed by atoms with Gasteiger partial charge in [0, 0.05) is 25.7 Å². The highest BCUT2D eigenvalue weighted by Gasteiger charge is 2.33. The fraction of sp³-hybridized carbons (Fsp3) is 0.231. The molecule has 0 saturated carbocycles. The lowest BCUT2D eigenvalue weighted by molar-refractivity contribution is -0.384. The number of urea groups is 3. The Bertz CT molecular complexity index is 3380. The number of imidazole rings is 1. The Labute approximate surface area is 460 Å². The average molecular weight is 1160 g/mol. The number of hydrogen-bond acceptors (Lipinski definition) is 13. The van der Waals surface area contributed by atoms with Crippen molar-refractivity contribution in [3.63, 3.8) is 0 Å². The van der Waals surface area contributed by atoms with Gasteiger partial charge in [-0.3, -0.25) is 10.1 Å². The lowest BCUT2D eigenvalue weighted by Gasteiger charge is -2.14. The van der Waals surface area contributed by atoms with Crippen molar-refractivity contribution in [2.75, 3.05) is 79.8 Å². The van der Waals surface area contributed by atoms with Gasteiger partial charge in [-0.2, -0.15) is 39.5 Å². The van der Waals surface area contributed by atoms with Gasteiger partial charge in [0.2, 0.25) is 0 Å². The maximum atomic E-state index is 12.9. The molecule has 0 aliphatic carbocycles. The Morgan fingerprint density at radius 2 is 0.878 bits per heavy atom. The van der Waals surface area contributed by atoms with Crippen LogP contribution >= 0.6 is 0 Å². The minimum atomic E-state index is -4.57. The van der Waals surface area contributed by atoms with Gasteiger partial charge < -0.3 is 74.0 Å². The highest BCUT2D eigenvalue weighted by Crippen LogP contribution is 2.37. The molecule has 0 bridgehead atoms. The molecule has 1 heterocycles. The van der Waals surface area contributed by atoms with Gasteiger partial charge in [-0.25, -0.2) is 19.4 Å². The highest BCUT2D eigenvalue weighted by molar-refractivity contribution is 5.92. The van der Waals surface area contributed by atoms with E-state index in [-0.39, 0.29) is 71.7 Å². The molecule has 30 heteroatoms. The molecule has 6 amide bonds. The van der Waals surface area contributed by atoms with Gasteiger partial charge in [0.05, 0.1) is 82.4 Å². The van der Waals surface area contributed by atoms with Crippen LogP contribution in [0, 0.1) is 10.1 Å². The molecule has 0 spiro atoms. The zero-order valence-electron chi connectivity index (χ0n) is 43.5. The minimum Gasteiger partial charge on any atom is -0.495 e. The van der Waals surface area contributed by atoms with Crippen molar-refractivity contribution in [1.82, 2.24) is 25.9 Å². The van der Waals surface area contributed by atoms with E-state index in [1.807, 2.05) is 18.2 Å². The van der Waals surface area contributed by atoms with E-state index < -0.39 is 58.2 Å². The first kappa shape index (κ1) is 62.8. The molecular weight excluding hydrogens is 1110 g/mol. The van der Waals surface area contributed by atoms with Crippen LogP contribution in [-0.2, 0) is 37.8 Å². The molecule has 438 valence electrons. The Morgan fingerprint density at radius 3 is 1.24 bits per heavy atom.